The summed E-state index contributed by atoms with van der Waals surface area (Å²) in [6.07, 6.45) is 0. The molecule has 0 saturated carbocycles. The van der Waals surface area contributed by atoms with Crippen LogP contribution < -0.4 is 5.32 Å². The summed E-state index contributed by atoms with van der Waals surface area (Å²) in [6, 6.07) is 4.61. The van der Waals surface area contributed by atoms with Crippen molar-refractivity contribution < 1.29 is 0 Å². The first kappa shape index (κ1) is 11.8. The molecule has 0 spiro atoms. The molecule has 0 bridgehead atoms. The predicted octanol–water partition coefficient (Wildman–Crippen LogP) is 3.79. The molecule has 0 aliphatic rings. The van der Waals surface area contributed by atoms with Crippen LogP contribution in [0.25, 0.3) is 0 Å². The van der Waals surface area contributed by atoms with E-state index in [2.05, 4.69) is 43.3 Å². The van der Waals surface area contributed by atoms with Crippen LogP contribution in [0.1, 0.15) is 24.8 Å². The summed E-state index contributed by atoms with van der Waals surface area (Å²) >= 11 is 7.51. The molecule has 1 atom stereocenters. The lowest BCUT2D eigenvalue weighted by molar-refractivity contribution is 0.434. The Balaban J connectivity index is 2.61. The normalized spacial score (nSPS) is 13.1. The third-order valence-electron chi connectivity index (χ3n) is 2.03. The SMILES string of the molecule is C=C(Cl)CNC(c1cccs1)C(C)C. The van der Waals surface area contributed by atoms with Crippen LogP contribution in [0.4, 0.5) is 0 Å². The van der Waals surface area contributed by atoms with Crippen molar-refractivity contribution in [1.82, 2.24) is 5.32 Å². The average Bonchev–Trinajstić information content (AvgIpc) is 2.56. The van der Waals surface area contributed by atoms with Crippen LogP contribution >= 0.6 is 22.9 Å². The standard InChI is InChI=1S/C11H16ClNS/c1-8(2)11(13-7-9(3)12)10-5-4-6-14-10/h4-6,8,11,13H,3,7H2,1-2H3. The van der Waals surface area contributed by atoms with Crippen LogP contribution in [-0.4, -0.2) is 6.54 Å². The Morgan fingerprint density at radius 3 is 2.79 bits per heavy atom. The molecule has 0 aliphatic carbocycles. The van der Waals surface area contributed by atoms with E-state index >= 15 is 0 Å². The molecule has 1 nitrogen and oxygen atoms in total. The molecule has 78 valence electrons. The van der Waals surface area contributed by atoms with Gasteiger partial charge < -0.3 is 5.32 Å². The highest BCUT2D eigenvalue weighted by Crippen LogP contribution is 2.25. The minimum absolute atomic E-state index is 0.380. The fraction of sp³-hybridized carbons (Fsp3) is 0.455. The molecule has 1 rings (SSSR count). The number of hydrogen-bond donors (Lipinski definition) is 1. The molecule has 0 amide bonds. The number of halogens is 1. The van der Waals surface area contributed by atoms with E-state index in [9.17, 15) is 0 Å². The van der Waals surface area contributed by atoms with Gasteiger partial charge in [-0.25, -0.2) is 0 Å². The van der Waals surface area contributed by atoms with Gasteiger partial charge in [-0.2, -0.15) is 0 Å². The van der Waals surface area contributed by atoms with Crippen LogP contribution in [0.3, 0.4) is 0 Å². The first-order chi connectivity index (χ1) is 6.61. The number of hydrogen-bond acceptors (Lipinski definition) is 2. The first-order valence-electron chi connectivity index (χ1n) is 4.71. The summed E-state index contributed by atoms with van der Waals surface area (Å²) in [6.45, 7) is 8.75. The highest BCUT2D eigenvalue weighted by Gasteiger charge is 2.15. The lowest BCUT2D eigenvalue weighted by Gasteiger charge is -2.20. The summed E-state index contributed by atoms with van der Waals surface area (Å²) in [5.41, 5.74) is 0. The smallest absolute Gasteiger partial charge is 0.0441 e. The van der Waals surface area contributed by atoms with Crippen LogP contribution in [0, 0.1) is 5.92 Å². The van der Waals surface area contributed by atoms with Gasteiger partial charge in [0.15, 0.2) is 0 Å². The van der Waals surface area contributed by atoms with Crippen molar-refractivity contribution in [3.8, 4) is 0 Å². The highest BCUT2D eigenvalue weighted by molar-refractivity contribution is 7.10. The molecule has 0 aliphatic heterocycles. The highest BCUT2D eigenvalue weighted by atomic mass is 35.5. The fourth-order valence-corrected chi connectivity index (χ4v) is 2.40. The summed E-state index contributed by atoms with van der Waals surface area (Å²) in [7, 11) is 0. The third kappa shape index (κ3) is 3.45. The van der Waals surface area contributed by atoms with Gasteiger partial charge in [-0.3, -0.25) is 0 Å². The van der Waals surface area contributed by atoms with E-state index in [1.165, 1.54) is 4.88 Å². The maximum absolute atomic E-state index is 5.73. The molecule has 1 N–H and O–H groups in total. The Morgan fingerprint density at radius 2 is 2.36 bits per heavy atom. The van der Waals surface area contributed by atoms with E-state index in [1.807, 2.05) is 0 Å². The van der Waals surface area contributed by atoms with Gasteiger partial charge >= 0.3 is 0 Å². The zero-order chi connectivity index (χ0) is 10.6. The van der Waals surface area contributed by atoms with E-state index in [0.717, 1.165) is 0 Å². The third-order valence-corrected chi connectivity index (χ3v) is 3.12. The molecule has 0 radical (unpaired) electrons. The van der Waals surface area contributed by atoms with Crippen molar-refractivity contribution in [2.75, 3.05) is 6.54 Å². The van der Waals surface area contributed by atoms with Gasteiger partial charge in [-0.05, 0) is 17.4 Å². The summed E-state index contributed by atoms with van der Waals surface area (Å²) < 4.78 is 0. The van der Waals surface area contributed by atoms with Gasteiger partial charge in [0.2, 0.25) is 0 Å². The Kier molecular flexibility index (Phi) is 4.66. The molecular formula is C11H16ClNS. The molecule has 1 aromatic rings. The van der Waals surface area contributed by atoms with Gasteiger partial charge in [0.1, 0.15) is 0 Å². The van der Waals surface area contributed by atoms with Crippen molar-refractivity contribution in [3.63, 3.8) is 0 Å². The molecular weight excluding hydrogens is 214 g/mol. The van der Waals surface area contributed by atoms with Crippen molar-refractivity contribution in [2.45, 2.75) is 19.9 Å². The molecule has 1 heterocycles. The van der Waals surface area contributed by atoms with Gasteiger partial charge in [0, 0.05) is 22.5 Å². The zero-order valence-corrected chi connectivity index (χ0v) is 10.2. The Morgan fingerprint density at radius 1 is 1.64 bits per heavy atom. The van der Waals surface area contributed by atoms with Crippen molar-refractivity contribution in [3.05, 3.63) is 34.0 Å². The summed E-state index contributed by atoms with van der Waals surface area (Å²) in [5, 5.41) is 6.16. The van der Waals surface area contributed by atoms with Gasteiger partial charge in [0.05, 0.1) is 0 Å². The van der Waals surface area contributed by atoms with Crippen molar-refractivity contribution in [1.29, 1.82) is 0 Å². The topological polar surface area (TPSA) is 12.0 Å². The van der Waals surface area contributed by atoms with E-state index in [4.69, 9.17) is 11.6 Å². The van der Waals surface area contributed by atoms with Gasteiger partial charge in [0.25, 0.3) is 0 Å². The second-order valence-electron chi connectivity index (χ2n) is 3.64. The quantitative estimate of drug-likeness (QED) is 0.810. The lowest BCUT2D eigenvalue weighted by Crippen LogP contribution is -2.25. The maximum atomic E-state index is 5.73. The molecule has 0 saturated heterocycles. The van der Waals surface area contributed by atoms with E-state index in [-0.39, 0.29) is 0 Å². The predicted molar refractivity (Wildman–Crippen MR) is 64.9 cm³/mol. The number of nitrogens with one attached hydrogen (secondary N) is 1. The minimum Gasteiger partial charge on any atom is -0.304 e. The number of thiophene rings is 1. The Hall–Kier alpha value is -0.310. The fourth-order valence-electron chi connectivity index (χ4n) is 1.35. The van der Waals surface area contributed by atoms with Crippen molar-refractivity contribution in [2.24, 2.45) is 5.92 Å². The maximum Gasteiger partial charge on any atom is 0.0441 e. The average molecular weight is 230 g/mol. The largest absolute Gasteiger partial charge is 0.304 e. The Labute approximate surface area is 94.8 Å². The molecule has 1 aromatic heterocycles. The van der Waals surface area contributed by atoms with Crippen LogP contribution in [0.15, 0.2) is 29.1 Å². The van der Waals surface area contributed by atoms with E-state index < -0.39 is 0 Å². The van der Waals surface area contributed by atoms with Crippen LogP contribution in [0.2, 0.25) is 0 Å². The monoisotopic (exact) mass is 229 g/mol. The van der Waals surface area contributed by atoms with Crippen LogP contribution in [-0.2, 0) is 0 Å². The lowest BCUT2D eigenvalue weighted by atomic mass is 10.0. The molecule has 3 heteroatoms. The zero-order valence-electron chi connectivity index (χ0n) is 8.59. The second-order valence-corrected chi connectivity index (χ2v) is 5.15. The van der Waals surface area contributed by atoms with Gasteiger partial charge in [-0.1, -0.05) is 38.1 Å². The summed E-state index contributed by atoms with van der Waals surface area (Å²) in [5.74, 6) is 0.560. The Bertz CT molecular complexity index is 279. The van der Waals surface area contributed by atoms with Gasteiger partial charge in [-0.15, -0.1) is 11.3 Å². The molecule has 1 unspecified atom stereocenters. The van der Waals surface area contributed by atoms with Crippen LogP contribution in [0.5, 0.6) is 0 Å². The minimum atomic E-state index is 0.380. The van der Waals surface area contributed by atoms with E-state index in [1.54, 1.807) is 11.3 Å². The van der Waals surface area contributed by atoms with E-state index in [0.29, 0.717) is 23.5 Å². The van der Waals surface area contributed by atoms with Crippen molar-refractivity contribution >= 4 is 22.9 Å². The molecule has 14 heavy (non-hydrogen) atoms. The molecule has 0 fully saturated rings. The second kappa shape index (κ2) is 5.54. The first-order valence-corrected chi connectivity index (χ1v) is 5.97. The summed E-state index contributed by atoms with van der Waals surface area (Å²) in [4.78, 5) is 1.36. The molecule has 0 aromatic carbocycles. The number of rotatable bonds is 5.